The van der Waals surface area contributed by atoms with Gasteiger partial charge in [0.05, 0.1) is 6.10 Å². The molecule has 2 aliphatic heterocycles. The number of fused-ring (bicyclic) bond motifs is 2. The molecule has 2 aromatic rings. The molecule has 0 radical (unpaired) electrons. The molecule has 1 N–H and O–H groups in total. The number of benzene rings is 1. The summed E-state index contributed by atoms with van der Waals surface area (Å²) in [6, 6.07) is 10.4. The van der Waals surface area contributed by atoms with E-state index in [4.69, 9.17) is 13.9 Å². The second kappa shape index (κ2) is 8.71. The van der Waals surface area contributed by atoms with E-state index in [0.29, 0.717) is 12.0 Å². The van der Waals surface area contributed by atoms with Crippen molar-refractivity contribution < 1.29 is 18.7 Å². The Kier molecular flexibility index (Phi) is 6.35. The average Bonchev–Trinajstić information content (AvgIpc) is 3.21. The summed E-state index contributed by atoms with van der Waals surface area (Å²) in [7, 11) is -2.12. The fourth-order valence-electron chi connectivity index (χ4n) is 4.51. The first kappa shape index (κ1) is 24.8. The Morgan fingerprint density at radius 1 is 1.24 bits per heavy atom. The molecule has 2 saturated heterocycles. The Labute approximate surface area is 201 Å². The van der Waals surface area contributed by atoms with Crippen LogP contribution in [0, 0.1) is 0 Å². The van der Waals surface area contributed by atoms with Crippen LogP contribution in [0.25, 0.3) is 0 Å². The third-order valence-corrected chi connectivity index (χ3v) is 12.1. The number of amides is 1. The topological polar surface area (TPSA) is 91.7 Å². The van der Waals surface area contributed by atoms with Crippen LogP contribution in [0.5, 0.6) is 0 Å². The van der Waals surface area contributed by atoms with Gasteiger partial charge in [-0.15, -0.1) is 0 Å². The van der Waals surface area contributed by atoms with Crippen molar-refractivity contribution in [2.75, 3.05) is 5.32 Å². The zero-order chi connectivity index (χ0) is 24.9. The van der Waals surface area contributed by atoms with Gasteiger partial charge in [0.15, 0.2) is 14.5 Å². The lowest BCUT2D eigenvalue weighted by atomic mass is 9.91. The van der Waals surface area contributed by atoms with Gasteiger partial charge >= 0.3 is 5.69 Å². The molecule has 0 unspecified atom stereocenters. The average molecular weight is 486 g/mol. The number of hydrogen-bond acceptors (Lipinski definition) is 6. The number of rotatable bonds is 6. The van der Waals surface area contributed by atoms with Crippen LogP contribution in [0.2, 0.25) is 18.1 Å². The summed E-state index contributed by atoms with van der Waals surface area (Å²) in [5.41, 5.74) is -0.662. The molecule has 3 heterocycles. The Morgan fingerprint density at radius 2 is 1.91 bits per heavy atom. The van der Waals surface area contributed by atoms with E-state index in [0.717, 1.165) is 0 Å². The van der Waals surface area contributed by atoms with E-state index in [1.165, 1.54) is 4.57 Å². The lowest BCUT2D eigenvalue weighted by molar-refractivity contribution is -0.208. The van der Waals surface area contributed by atoms with Crippen LogP contribution in [-0.4, -0.2) is 47.7 Å². The van der Waals surface area contributed by atoms with Crippen LogP contribution in [0.4, 0.5) is 5.82 Å². The minimum Gasteiger partial charge on any atom is -0.408 e. The fourth-order valence-corrected chi connectivity index (χ4v) is 5.83. The molecule has 8 nitrogen and oxygen atoms in total. The first-order chi connectivity index (χ1) is 15.9. The molecular formula is C25H35N3O5Si. The number of carbonyl (C=O) groups is 1. The van der Waals surface area contributed by atoms with Crippen molar-refractivity contribution in [3.63, 3.8) is 0 Å². The fraction of sp³-hybridized carbons (Fsp3) is 0.560. The zero-order valence-electron chi connectivity index (χ0n) is 21.0. The Bertz CT molecular complexity index is 1110. The number of aromatic nitrogens is 2. The monoisotopic (exact) mass is 485 g/mol. The van der Waals surface area contributed by atoms with Crippen LogP contribution in [0.15, 0.2) is 47.4 Å². The van der Waals surface area contributed by atoms with E-state index in [2.05, 4.69) is 51.1 Å². The zero-order valence-corrected chi connectivity index (χ0v) is 22.0. The SMILES string of the molecule is CC[C@]12O[C@@H](n3ccc(NC(=O)c4ccccc4)nc3=O)[C@H](O[C@H]1C)[C@@H]2O[Si](C)(C)C(C)(C)C. The summed E-state index contributed by atoms with van der Waals surface area (Å²) in [6.45, 7) is 15.1. The molecular weight excluding hydrogens is 450 g/mol. The lowest BCUT2D eigenvalue weighted by Crippen LogP contribution is -2.52. The van der Waals surface area contributed by atoms with E-state index in [1.807, 2.05) is 13.0 Å². The Balaban J connectivity index is 1.59. The van der Waals surface area contributed by atoms with Gasteiger partial charge in [-0.05, 0) is 49.7 Å². The van der Waals surface area contributed by atoms with Crippen molar-refractivity contribution in [3.05, 3.63) is 58.6 Å². The van der Waals surface area contributed by atoms with Gasteiger partial charge in [0.25, 0.3) is 5.91 Å². The third-order valence-electron chi connectivity index (χ3n) is 7.61. The van der Waals surface area contributed by atoms with Gasteiger partial charge in [0.2, 0.25) is 0 Å². The molecule has 34 heavy (non-hydrogen) atoms. The second-order valence-corrected chi connectivity index (χ2v) is 15.4. The normalized spacial score (nSPS) is 28.8. The van der Waals surface area contributed by atoms with Crippen molar-refractivity contribution in [3.8, 4) is 0 Å². The predicted molar refractivity (Wildman–Crippen MR) is 132 cm³/mol. The van der Waals surface area contributed by atoms with Crippen molar-refractivity contribution >= 4 is 20.0 Å². The molecule has 5 atom stereocenters. The maximum absolute atomic E-state index is 13.0. The Hall–Kier alpha value is -2.33. The van der Waals surface area contributed by atoms with Gasteiger partial charge in [-0.3, -0.25) is 9.36 Å². The van der Waals surface area contributed by atoms with Crippen LogP contribution < -0.4 is 11.0 Å². The highest BCUT2D eigenvalue weighted by Gasteiger charge is 2.67. The molecule has 1 aromatic carbocycles. The number of anilines is 1. The summed E-state index contributed by atoms with van der Waals surface area (Å²) in [6.07, 6.45) is 0.804. The molecule has 1 amide bonds. The number of hydrogen-bond donors (Lipinski definition) is 1. The van der Waals surface area contributed by atoms with Crippen LogP contribution >= 0.6 is 0 Å². The van der Waals surface area contributed by atoms with E-state index >= 15 is 0 Å². The maximum Gasteiger partial charge on any atom is 0.351 e. The maximum atomic E-state index is 13.0. The predicted octanol–water partition coefficient (Wildman–Crippen LogP) is 4.35. The molecule has 0 saturated carbocycles. The highest BCUT2D eigenvalue weighted by molar-refractivity contribution is 6.74. The van der Waals surface area contributed by atoms with Gasteiger partial charge in [-0.1, -0.05) is 45.9 Å². The molecule has 0 aliphatic carbocycles. The summed E-state index contributed by atoms with van der Waals surface area (Å²) < 4.78 is 21.1. The quantitative estimate of drug-likeness (QED) is 0.612. The van der Waals surface area contributed by atoms with Gasteiger partial charge in [0, 0.05) is 11.8 Å². The molecule has 1 aromatic heterocycles. The summed E-state index contributed by atoms with van der Waals surface area (Å²) in [4.78, 5) is 29.5. The molecule has 2 bridgehead atoms. The number of nitrogens with zero attached hydrogens (tertiary/aromatic N) is 2. The van der Waals surface area contributed by atoms with E-state index in [1.54, 1.807) is 36.5 Å². The first-order valence-corrected chi connectivity index (χ1v) is 14.8. The Morgan fingerprint density at radius 3 is 2.50 bits per heavy atom. The van der Waals surface area contributed by atoms with Crippen LogP contribution in [-0.2, 0) is 13.9 Å². The van der Waals surface area contributed by atoms with Gasteiger partial charge in [-0.2, -0.15) is 4.98 Å². The van der Waals surface area contributed by atoms with Crippen molar-refractivity contribution in [2.45, 2.75) is 89.3 Å². The van der Waals surface area contributed by atoms with E-state index < -0.39 is 31.9 Å². The number of carbonyl (C=O) groups excluding carboxylic acids is 1. The van der Waals surface area contributed by atoms with Crippen LogP contribution in [0.3, 0.4) is 0 Å². The van der Waals surface area contributed by atoms with Crippen molar-refractivity contribution in [2.24, 2.45) is 0 Å². The van der Waals surface area contributed by atoms with Crippen molar-refractivity contribution in [1.82, 2.24) is 9.55 Å². The minimum absolute atomic E-state index is 0.0275. The van der Waals surface area contributed by atoms with Crippen molar-refractivity contribution in [1.29, 1.82) is 0 Å². The van der Waals surface area contributed by atoms with Gasteiger partial charge in [-0.25, -0.2) is 4.79 Å². The number of ether oxygens (including phenoxy) is 2. The van der Waals surface area contributed by atoms with Gasteiger partial charge < -0.3 is 19.2 Å². The second-order valence-electron chi connectivity index (χ2n) is 10.7. The first-order valence-electron chi connectivity index (χ1n) is 11.9. The smallest absolute Gasteiger partial charge is 0.351 e. The van der Waals surface area contributed by atoms with E-state index in [9.17, 15) is 9.59 Å². The number of nitrogens with one attached hydrogen (secondary N) is 1. The molecule has 184 valence electrons. The highest BCUT2D eigenvalue weighted by atomic mass is 28.4. The van der Waals surface area contributed by atoms with Gasteiger partial charge in [0.1, 0.15) is 23.6 Å². The third kappa shape index (κ3) is 4.15. The summed E-state index contributed by atoms with van der Waals surface area (Å²) in [5.74, 6) is -0.141. The highest BCUT2D eigenvalue weighted by Crippen LogP contribution is 2.53. The summed E-state index contributed by atoms with van der Waals surface area (Å²) >= 11 is 0. The molecule has 2 fully saturated rings. The molecule has 9 heteroatoms. The standard InChI is InChI=1S/C25H35N3O5Si/c1-8-25-16(2)31-19(20(25)33-34(6,7)24(3,4)5)22(32-25)28-15-14-18(27-23(28)30)26-21(29)17-12-10-9-11-13-17/h9-16,19-20,22H,8H2,1-7H3,(H,26,27,29,30)/t16-,19+,20-,22+,25-/m0/s1. The summed E-state index contributed by atoms with van der Waals surface area (Å²) in [5, 5.41) is 2.71. The molecule has 0 spiro atoms. The largest absolute Gasteiger partial charge is 0.408 e. The lowest BCUT2D eigenvalue weighted by Gasteiger charge is -2.41. The minimum atomic E-state index is -2.12. The molecule has 4 rings (SSSR count). The van der Waals surface area contributed by atoms with E-state index in [-0.39, 0.29) is 29.0 Å². The van der Waals surface area contributed by atoms with Crippen LogP contribution in [0.1, 0.15) is 57.6 Å². The molecule has 2 aliphatic rings.